The van der Waals surface area contributed by atoms with Gasteiger partial charge in [0.25, 0.3) is 5.91 Å². The topological polar surface area (TPSA) is 88.2 Å². The van der Waals surface area contributed by atoms with Gasteiger partial charge < -0.3 is 14.8 Å². The van der Waals surface area contributed by atoms with Crippen LogP contribution < -0.4 is 14.8 Å². The Morgan fingerprint density at radius 2 is 1.53 bits per heavy atom. The molecule has 188 valence electrons. The van der Waals surface area contributed by atoms with Crippen molar-refractivity contribution in [1.29, 1.82) is 0 Å². The van der Waals surface area contributed by atoms with E-state index in [9.17, 15) is 13.2 Å². The molecule has 0 aromatic heterocycles. The van der Waals surface area contributed by atoms with Crippen molar-refractivity contribution in [2.75, 3.05) is 39.3 Å². The molecular formula is C27H29N3O5S. The van der Waals surface area contributed by atoms with E-state index in [1.165, 1.54) is 0 Å². The second kappa shape index (κ2) is 10.7. The highest BCUT2D eigenvalue weighted by Gasteiger charge is 2.28. The Hall–Kier alpha value is -3.40. The Kier molecular flexibility index (Phi) is 7.22. The Labute approximate surface area is 211 Å². The quantitative estimate of drug-likeness (QED) is 0.529. The van der Waals surface area contributed by atoms with Crippen LogP contribution >= 0.6 is 0 Å². The normalized spacial score (nSPS) is 18.5. The molecule has 8 nitrogen and oxygen atoms in total. The smallest absolute Gasteiger partial charge is 0.251 e. The van der Waals surface area contributed by atoms with Crippen LogP contribution in [0.2, 0.25) is 0 Å². The molecule has 5 rings (SSSR count). The van der Waals surface area contributed by atoms with E-state index in [1.54, 1.807) is 28.6 Å². The van der Waals surface area contributed by atoms with Crippen LogP contribution in [-0.2, 0) is 16.6 Å². The van der Waals surface area contributed by atoms with E-state index >= 15 is 0 Å². The molecule has 1 N–H and O–H groups in total. The van der Waals surface area contributed by atoms with E-state index in [0.717, 1.165) is 11.3 Å². The number of nitrogens with zero attached hydrogens (tertiary/aromatic N) is 2. The summed E-state index contributed by atoms with van der Waals surface area (Å²) in [7, 11) is -3.46. The summed E-state index contributed by atoms with van der Waals surface area (Å²) in [4.78, 5) is 15.2. The summed E-state index contributed by atoms with van der Waals surface area (Å²) in [5.74, 6) is 1.24. The molecule has 0 unspecified atom stereocenters. The number of para-hydroxylation sites is 2. The zero-order chi connectivity index (χ0) is 25.0. The summed E-state index contributed by atoms with van der Waals surface area (Å²) in [6, 6.07) is 23.6. The number of hydrogen-bond acceptors (Lipinski definition) is 6. The maximum Gasteiger partial charge on any atom is 0.251 e. The van der Waals surface area contributed by atoms with E-state index < -0.39 is 10.0 Å². The minimum absolute atomic E-state index is 0.163. The van der Waals surface area contributed by atoms with Gasteiger partial charge in [-0.25, -0.2) is 8.42 Å². The van der Waals surface area contributed by atoms with Gasteiger partial charge in [0.15, 0.2) is 11.5 Å². The van der Waals surface area contributed by atoms with Gasteiger partial charge in [-0.2, -0.15) is 4.31 Å². The number of piperazine rings is 1. The molecule has 9 heteroatoms. The first-order valence-electron chi connectivity index (χ1n) is 12.0. The van der Waals surface area contributed by atoms with Crippen molar-refractivity contribution < 1.29 is 22.7 Å². The van der Waals surface area contributed by atoms with Gasteiger partial charge in [0.1, 0.15) is 12.7 Å². The zero-order valence-electron chi connectivity index (χ0n) is 19.9. The Morgan fingerprint density at radius 3 is 2.25 bits per heavy atom. The molecule has 2 heterocycles. The molecule has 0 spiro atoms. The number of carbonyl (C=O) groups is 1. The molecular weight excluding hydrogens is 478 g/mol. The number of hydrogen-bond donors (Lipinski definition) is 1. The van der Waals surface area contributed by atoms with Crippen LogP contribution in [0.4, 0.5) is 0 Å². The van der Waals surface area contributed by atoms with E-state index in [2.05, 4.69) is 10.2 Å². The minimum atomic E-state index is -3.46. The molecule has 1 fully saturated rings. The third kappa shape index (κ3) is 5.53. The third-order valence-corrected chi connectivity index (χ3v) is 8.31. The van der Waals surface area contributed by atoms with Crippen molar-refractivity contribution in [2.24, 2.45) is 0 Å². The second-order valence-corrected chi connectivity index (χ2v) is 10.8. The van der Waals surface area contributed by atoms with Crippen molar-refractivity contribution in [2.45, 2.75) is 17.5 Å². The number of rotatable bonds is 7. The van der Waals surface area contributed by atoms with Crippen LogP contribution in [-0.4, -0.2) is 69.0 Å². The van der Waals surface area contributed by atoms with Crippen molar-refractivity contribution >= 4 is 15.9 Å². The lowest BCUT2D eigenvalue weighted by Gasteiger charge is -2.34. The zero-order valence-corrected chi connectivity index (χ0v) is 20.7. The summed E-state index contributed by atoms with van der Waals surface area (Å²) < 4.78 is 38.8. The number of nitrogens with one attached hydrogen (secondary N) is 1. The molecule has 0 radical (unpaired) electrons. The largest absolute Gasteiger partial charge is 0.486 e. The van der Waals surface area contributed by atoms with Crippen molar-refractivity contribution in [3.05, 3.63) is 90.0 Å². The maximum absolute atomic E-state index is 12.8. The summed E-state index contributed by atoms with van der Waals surface area (Å²) >= 11 is 0. The first kappa shape index (κ1) is 24.3. The highest BCUT2D eigenvalue weighted by atomic mass is 32.2. The van der Waals surface area contributed by atoms with Gasteiger partial charge in [-0.15, -0.1) is 0 Å². The molecule has 2 aliphatic rings. The average Bonchev–Trinajstić information content (AvgIpc) is 2.93. The highest BCUT2D eigenvalue weighted by molar-refractivity contribution is 7.89. The number of amides is 1. The molecule has 1 saturated heterocycles. The number of carbonyl (C=O) groups excluding carboxylic acids is 1. The van der Waals surface area contributed by atoms with Crippen LogP contribution in [0.15, 0.2) is 83.8 Å². The third-order valence-electron chi connectivity index (χ3n) is 6.39. The molecule has 1 amide bonds. The predicted octanol–water partition coefficient (Wildman–Crippen LogP) is 2.76. The van der Waals surface area contributed by atoms with Gasteiger partial charge >= 0.3 is 0 Å². The van der Waals surface area contributed by atoms with Crippen molar-refractivity contribution in [3.8, 4) is 11.5 Å². The summed E-state index contributed by atoms with van der Waals surface area (Å²) in [6.45, 7) is 3.65. The lowest BCUT2D eigenvalue weighted by atomic mass is 10.1. The van der Waals surface area contributed by atoms with Gasteiger partial charge in [0.05, 0.1) is 11.4 Å². The number of benzene rings is 3. The SMILES string of the molecule is O=C(NC[C@@H]1COc2ccccc2O1)c1ccc(CN2CCN(S(=O)(=O)c3ccccc3)CC2)cc1. The lowest BCUT2D eigenvalue weighted by Crippen LogP contribution is -2.48. The first-order valence-corrected chi connectivity index (χ1v) is 13.5. The van der Waals surface area contributed by atoms with Gasteiger partial charge in [-0.3, -0.25) is 9.69 Å². The maximum atomic E-state index is 12.8. The molecule has 0 saturated carbocycles. The fraction of sp³-hybridized carbons (Fsp3) is 0.296. The Bertz CT molecular complexity index is 1290. The van der Waals surface area contributed by atoms with Crippen LogP contribution in [0.1, 0.15) is 15.9 Å². The number of ether oxygens (including phenoxy) is 2. The highest BCUT2D eigenvalue weighted by Crippen LogP contribution is 2.30. The van der Waals surface area contributed by atoms with Crippen LogP contribution in [0.3, 0.4) is 0 Å². The van der Waals surface area contributed by atoms with Gasteiger partial charge in [-0.05, 0) is 42.0 Å². The van der Waals surface area contributed by atoms with E-state index in [1.807, 2.05) is 54.6 Å². The van der Waals surface area contributed by atoms with Crippen LogP contribution in [0.5, 0.6) is 11.5 Å². The molecule has 36 heavy (non-hydrogen) atoms. The predicted molar refractivity (Wildman–Crippen MR) is 136 cm³/mol. The van der Waals surface area contributed by atoms with Gasteiger partial charge in [-0.1, -0.05) is 42.5 Å². The molecule has 3 aromatic carbocycles. The monoisotopic (exact) mass is 507 g/mol. The molecule has 2 aliphatic heterocycles. The minimum Gasteiger partial charge on any atom is -0.486 e. The molecule has 3 aromatic rings. The average molecular weight is 508 g/mol. The standard InChI is InChI=1S/C27H29N3O5S/c31-27(28-18-23-20-34-25-8-4-5-9-26(25)35-23)22-12-10-21(11-13-22)19-29-14-16-30(17-15-29)36(32,33)24-6-2-1-3-7-24/h1-13,23H,14-20H2,(H,28,31)/t23-/m1/s1. The van der Waals surface area contributed by atoms with Gasteiger partial charge in [0.2, 0.25) is 10.0 Å². The van der Waals surface area contributed by atoms with E-state index in [-0.39, 0.29) is 12.0 Å². The summed E-state index contributed by atoms with van der Waals surface area (Å²) in [5, 5.41) is 2.92. The fourth-order valence-electron chi connectivity index (χ4n) is 4.36. The summed E-state index contributed by atoms with van der Waals surface area (Å²) in [5.41, 5.74) is 1.65. The van der Waals surface area contributed by atoms with Gasteiger partial charge in [0, 0.05) is 38.3 Å². The van der Waals surface area contributed by atoms with E-state index in [4.69, 9.17) is 9.47 Å². The van der Waals surface area contributed by atoms with Crippen LogP contribution in [0.25, 0.3) is 0 Å². The number of sulfonamides is 1. The number of fused-ring (bicyclic) bond motifs is 1. The lowest BCUT2D eigenvalue weighted by molar-refractivity contribution is 0.0789. The first-order chi connectivity index (χ1) is 17.5. The van der Waals surface area contributed by atoms with E-state index in [0.29, 0.717) is 62.1 Å². The Balaban J connectivity index is 1.09. The Morgan fingerprint density at radius 1 is 0.861 bits per heavy atom. The van der Waals surface area contributed by atoms with Crippen LogP contribution in [0, 0.1) is 0 Å². The fourth-order valence-corrected chi connectivity index (χ4v) is 5.80. The molecule has 0 aliphatic carbocycles. The molecule has 0 bridgehead atoms. The summed E-state index contributed by atoms with van der Waals surface area (Å²) in [6.07, 6.45) is -0.243. The second-order valence-electron chi connectivity index (χ2n) is 8.90. The molecule has 1 atom stereocenters. The van der Waals surface area contributed by atoms with Crippen molar-refractivity contribution in [3.63, 3.8) is 0 Å². The van der Waals surface area contributed by atoms with Crippen molar-refractivity contribution in [1.82, 2.24) is 14.5 Å².